The molecule has 2 amide bonds. The van der Waals surface area contributed by atoms with Gasteiger partial charge in [0.05, 0.1) is 6.10 Å². The Morgan fingerprint density at radius 3 is 2.28 bits per heavy atom. The molecular weight excluding hydrogens is 248 g/mol. The molecule has 1 heterocycles. The van der Waals surface area contributed by atoms with Crippen LogP contribution in [0.4, 0.5) is 4.79 Å². The lowest BCUT2D eigenvalue weighted by Crippen LogP contribution is -2.51. The van der Waals surface area contributed by atoms with Gasteiger partial charge in [-0.1, -0.05) is 13.8 Å². The standard InChI is InChI=1S/C13H24N2O2S/c1-9-7-15(8-10(2)18-9)13(17)14-11-3-5-12(16)6-4-11/h9-12,16H,3-8H2,1-2H3,(H,14,17). The van der Waals surface area contributed by atoms with Crippen LogP contribution in [0.1, 0.15) is 39.5 Å². The van der Waals surface area contributed by atoms with Crippen LogP contribution in [0.2, 0.25) is 0 Å². The summed E-state index contributed by atoms with van der Waals surface area (Å²) in [6, 6.07) is 0.330. The highest BCUT2D eigenvalue weighted by Crippen LogP contribution is 2.25. The first-order valence-electron chi connectivity index (χ1n) is 6.93. The molecule has 2 aliphatic rings. The Balaban J connectivity index is 1.80. The second-order valence-electron chi connectivity index (χ2n) is 5.62. The van der Waals surface area contributed by atoms with Gasteiger partial charge in [0.2, 0.25) is 0 Å². The van der Waals surface area contributed by atoms with Crippen LogP contribution in [-0.2, 0) is 0 Å². The second-order valence-corrected chi connectivity index (χ2v) is 7.50. The van der Waals surface area contributed by atoms with Gasteiger partial charge in [0.15, 0.2) is 0 Å². The van der Waals surface area contributed by atoms with Crippen molar-refractivity contribution in [1.82, 2.24) is 10.2 Å². The largest absolute Gasteiger partial charge is 0.393 e. The number of nitrogens with one attached hydrogen (secondary N) is 1. The second kappa shape index (κ2) is 6.15. The minimum absolute atomic E-state index is 0.0791. The topological polar surface area (TPSA) is 52.6 Å². The fourth-order valence-corrected chi connectivity index (χ4v) is 4.15. The van der Waals surface area contributed by atoms with Gasteiger partial charge in [-0.05, 0) is 25.7 Å². The van der Waals surface area contributed by atoms with E-state index in [1.165, 1.54) is 0 Å². The molecule has 1 saturated carbocycles. The van der Waals surface area contributed by atoms with Crippen molar-refractivity contribution in [3.8, 4) is 0 Å². The Kier molecular flexibility index (Phi) is 4.78. The number of carbonyl (C=O) groups excluding carboxylic acids is 1. The number of hydrogen-bond acceptors (Lipinski definition) is 3. The van der Waals surface area contributed by atoms with E-state index < -0.39 is 0 Å². The zero-order valence-electron chi connectivity index (χ0n) is 11.3. The molecule has 2 rings (SSSR count). The molecule has 2 fully saturated rings. The van der Waals surface area contributed by atoms with Crippen LogP contribution in [0.25, 0.3) is 0 Å². The van der Waals surface area contributed by atoms with E-state index in [0.717, 1.165) is 38.8 Å². The van der Waals surface area contributed by atoms with E-state index in [1.807, 2.05) is 16.7 Å². The Morgan fingerprint density at radius 2 is 1.72 bits per heavy atom. The van der Waals surface area contributed by atoms with E-state index >= 15 is 0 Å². The Labute approximate surface area is 113 Å². The van der Waals surface area contributed by atoms with Crippen LogP contribution in [0.15, 0.2) is 0 Å². The van der Waals surface area contributed by atoms with Crippen molar-refractivity contribution < 1.29 is 9.90 Å². The smallest absolute Gasteiger partial charge is 0.317 e. The third-order valence-electron chi connectivity index (χ3n) is 3.73. The maximum absolute atomic E-state index is 12.2. The minimum atomic E-state index is -0.162. The summed E-state index contributed by atoms with van der Waals surface area (Å²) in [7, 11) is 0. The number of nitrogens with zero attached hydrogens (tertiary/aromatic N) is 1. The Hall–Kier alpha value is -0.420. The first-order valence-corrected chi connectivity index (χ1v) is 7.88. The number of urea groups is 1. The average Bonchev–Trinajstić information content (AvgIpc) is 2.31. The number of hydrogen-bond donors (Lipinski definition) is 2. The molecule has 1 aliphatic carbocycles. The molecule has 0 spiro atoms. The summed E-state index contributed by atoms with van der Waals surface area (Å²) in [6.45, 7) is 6.04. The average molecular weight is 272 g/mol. The maximum atomic E-state index is 12.2. The van der Waals surface area contributed by atoms with Crippen LogP contribution < -0.4 is 5.32 Å². The van der Waals surface area contributed by atoms with E-state index in [-0.39, 0.29) is 18.2 Å². The zero-order valence-corrected chi connectivity index (χ0v) is 12.1. The number of aliphatic hydroxyl groups is 1. The predicted octanol–water partition coefficient (Wildman–Crippen LogP) is 1.83. The highest BCUT2D eigenvalue weighted by atomic mass is 32.2. The van der Waals surface area contributed by atoms with Crippen molar-refractivity contribution in [3.05, 3.63) is 0 Å². The fraction of sp³-hybridized carbons (Fsp3) is 0.923. The van der Waals surface area contributed by atoms with Gasteiger partial charge in [0, 0.05) is 29.6 Å². The minimum Gasteiger partial charge on any atom is -0.393 e. The lowest BCUT2D eigenvalue weighted by atomic mass is 9.93. The van der Waals surface area contributed by atoms with Gasteiger partial charge in [-0.2, -0.15) is 11.8 Å². The van der Waals surface area contributed by atoms with Crippen LogP contribution in [0, 0.1) is 0 Å². The highest BCUT2D eigenvalue weighted by Gasteiger charge is 2.28. The molecule has 0 aromatic carbocycles. The quantitative estimate of drug-likeness (QED) is 0.765. The van der Waals surface area contributed by atoms with E-state index in [9.17, 15) is 9.90 Å². The SMILES string of the molecule is CC1CN(C(=O)NC2CCC(O)CC2)CC(C)S1. The summed E-state index contributed by atoms with van der Waals surface area (Å²) >= 11 is 1.95. The molecule has 0 aromatic rings. The first kappa shape index (κ1) is 14.0. The Bertz CT molecular complexity index is 283. The van der Waals surface area contributed by atoms with Gasteiger partial charge in [-0.25, -0.2) is 4.79 Å². The lowest BCUT2D eigenvalue weighted by Gasteiger charge is -2.36. The normalized spacial score (nSPS) is 37.4. The highest BCUT2D eigenvalue weighted by molar-refractivity contribution is 8.00. The van der Waals surface area contributed by atoms with Crippen molar-refractivity contribution in [3.63, 3.8) is 0 Å². The molecule has 0 bridgehead atoms. The van der Waals surface area contributed by atoms with Gasteiger partial charge >= 0.3 is 6.03 Å². The predicted molar refractivity (Wildman–Crippen MR) is 74.9 cm³/mol. The van der Waals surface area contributed by atoms with E-state index in [1.54, 1.807) is 0 Å². The molecule has 2 N–H and O–H groups in total. The van der Waals surface area contributed by atoms with Gasteiger partial charge in [-0.15, -0.1) is 0 Å². The monoisotopic (exact) mass is 272 g/mol. The summed E-state index contributed by atoms with van der Waals surface area (Å²) in [6.07, 6.45) is 3.27. The summed E-state index contributed by atoms with van der Waals surface area (Å²) in [4.78, 5) is 14.1. The third-order valence-corrected chi connectivity index (χ3v) is 4.96. The lowest BCUT2D eigenvalue weighted by molar-refractivity contribution is 0.115. The molecule has 104 valence electrons. The molecule has 18 heavy (non-hydrogen) atoms. The van der Waals surface area contributed by atoms with Crippen LogP contribution in [0.3, 0.4) is 0 Å². The van der Waals surface area contributed by atoms with Crippen molar-refractivity contribution >= 4 is 17.8 Å². The van der Waals surface area contributed by atoms with Crippen LogP contribution >= 0.6 is 11.8 Å². The van der Waals surface area contributed by atoms with Crippen LogP contribution in [-0.4, -0.2) is 51.8 Å². The molecular formula is C13H24N2O2S. The number of amides is 2. The summed E-state index contributed by atoms with van der Waals surface area (Å²) in [5, 5.41) is 13.6. The number of aliphatic hydroxyl groups excluding tert-OH is 1. The van der Waals surface area contributed by atoms with Crippen molar-refractivity contribution in [2.45, 2.75) is 62.2 Å². The number of thioether (sulfide) groups is 1. The van der Waals surface area contributed by atoms with E-state index in [2.05, 4.69) is 19.2 Å². The summed E-state index contributed by atoms with van der Waals surface area (Å²) in [5.74, 6) is 0. The molecule has 1 aliphatic heterocycles. The summed E-state index contributed by atoms with van der Waals surface area (Å²) in [5.41, 5.74) is 0. The van der Waals surface area contributed by atoms with Crippen LogP contribution in [0.5, 0.6) is 0 Å². The fourth-order valence-electron chi connectivity index (χ4n) is 2.83. The number of rotatable bonds is 1. The van der Waals surface area contributed by atoms with E-state index in [0.29, 0.717) is 10.5 Å². The third kappa shape index (κ3) is 3.79. The maximum Gasteiger partial charge on any atom is 0.317 e. The Morgan fingerprint density at radius 1 is 1.17 bits per heavy atom. The van der Waals surface area contributed by atoms with Gasteiger partial charge in [0.1, 0.15) is 0 Å². The van der Waals surface area contributed by atoms with Gasteiger partial charge in [0.25, 0.3) is 0 Å². The molecule has 2 atom stereocenters. The van der Waals surface area contributed by atoms with Gasteiger partial charge < -0.3 is 15.3 Å². The van der Waals surface area contributed by atoms with E-state index in [4.69, 9.17) is 0 Å². The molecule has 4 nitrogen and oxygen atoms in total. The molecule has 1 saturated heterocycles. The summed E-state index contributed by atoms with van der Waals surface area (Å²) < 4.78 is 0. The number of carbonyl (C=O) groups is 1. The molecule has 0 aromatic heterocycles. The molecule has 2 unspecified atom stereocenters. The molecule has 0 radical (unpaired) electrons. The molecule has 5 heteroatoms. The first-order chi connectivity index (χ1) is 8.54. The van der Waals surface area contributed by atoms with Crippen molar-refractivity contribution in [2.75, 3.05) is 13.1 Å². The van der Waals surface area contributed by atoms with Gasteiger partial charge in [-0.3, -0.25) is 0 Å². The van der Waals surface area contributed by atoms with Crippen molar-refractivity contribution in [2.24, 2.45) is 0 Å². The zero-order chi connectivity index (χ0) is 13.1. The van der Waals surface area contributed by atoms with Crippen molar-refractivity contribution in [1.29, 1.82) is 0 Å².